The van der Waals surface area contributed by atoms with Crippen LogP contribution >= 0.6 is 0 Å². The number of benzene rings is 2. The Balaban J connectivity index is 1.83. The van der Waals surface area contributed by atoms with E-state index in [9.17, 15) is 9.59 Å². The molecule has 0 aliphatic carbocycles. The summed E-state index contributed by atoms with van der Waals surface area (Å²) in [4.78, 5) is 29.1. The van der Waals surface area contributed by atoms with Gasteiger partial charge in [-0.05, 0) is 44.9 Å². The number of anilines is 1. The van der Waals surface area contributed by atoms with E-state index in [1.165, 1.54) is 6.20 Å². The molecule has 0 unspecified atom stereocenters. The molecular weight excluding hydrogens is 340 g/mol. The van der Waals surface area contributed by atoms with Crippen LogP contribution in [0, 0.1) is 20.8 Å². The minimum atomic E-state index is -0.781. The number of nitrogens with one attached hydrogen (secondary N) is 1. The highest BCUT2D eigenvalue weighted by molar-refractivity contribution is 5.94. The number of aryl methyl sites for hydroxylation is 3. The molecule has 0 spiro atoms. The standard InChI is InChI=1S/C21H22N4O2/c1-13-6-9-17(10-7-13)19-12-22-25(21(27)24-19)16(4)20(26)23-18-11-14(2)5-8-15(18)3/h5-12,16H,1-4H3,(H,23,26)/t16-/m1/s1. The van der Waals surface area contributed by atoms with Gasteiger partial charge in [-0.2, -0.15) is 10.1 Å². The van der Waals surface area contributed by atoms with E-state index in [2.05, 4.69) is 15.4 Å². The van der Waals surface area contributed by atoms with Crippen molar-refractivity contribution in [3.05, 3.63) is 75.8 Å². The zero-order valence-electron chi connectivity index (χ0n) is 15.9. The Bertz CT molecular complexity index is 1040. The zero-order chi connectivity index (χ0) is 19.6. The number of rotatable bonds is 4. The van der Waals surface area contributed by atoms with Crippen molar-refractivity contribution in [1.29, 1.82) is 0 Å². The van der Waals surface area contributed by atoms with Crippen molar-refractivity contribution in [2.75, 3.05) is 5.32 Å². The Labute approximate surface area is 157 Å². The van der Waals surface area contributed by atoms with E-state index < -0.39 is 11.7 Å². The van der Waals surface area contributed by atoms with Gasteiger partial charge in [0.1, 0.15) is 6.04 Å². The van der Waals surface area contributed by atoms with Gasteiger partial charge in [0, 0.05) is 11.3 Å². The number of carbonyl (C=O) groups excluding carboxylic acids is 1. The summed E-state index contributed by atoms with van der Waals surface area (Å²) in [6.07, 6.45) is 1.51. The Morgan fingerprint density at radius 1 is 1.04 bits per heavy atom. The highest BCUT2D eigenvalue weighted by Gasteiger charge is 2.19. The van der Waals surface area contributed by atoms with Crippen LogP contribution in [0.2, 0.25) is 0 Å². The van der Waals surface area contributed by atoms with Gasteiger partial charge < -0.3 is 5.32 Å². The first kappa shape index (κ1) is 18.5. The summed E-state index contributed by atoms with van der Waals surface area (Å²) in [5.41, 5.74) is 4.58. The molecule has 0 radical (unpaired) electrons. The van der Waals surface area contributed by atoms with Crippen molar-refractivity contribution in [3.8, 4) is 11.3 Å². The van der Waals surface area contributed by atoms with Crippen LogP contribution in [-0.2, 0) is 4.79 Å². The fourth-order valence-electron chi connectivity index (χ4n) is 2.70. The Morgan fingerprint density at radius 3 is 2.37 bits per heavy atom. The fraction of sp³-hybridized carbons (Fsp3) is 0.238. The van der Waals surface area contributed by atoms with Crippen LogP contribution in [0.5, 0.6) is 0 Å². The summed E-state index contributed by atoms with van der Waals surface area (Å²) >= 11 is 0. The number of aromatic nitrogens is 3. The van der Waals surface area contributed by atoms with Gasteiger partial charge in [-0.15, -0.1) is 0 Å². The largest absolute Gasteiger partial charge is 0.365 e. The van der Waals surface area contributed by atoms with Gasteiger partial charge in [-0.3, -0.25) is 4.79 Å². The van der Waals surface area contributed by atoms with Gasteiger partial charge in [0.2, 0.25) is 5.91 Å². The summed E-state index contributed by atoms with van der Waals surface area (Å²) in [5.74, 6) is -0.316. The molecule has 6 nitrogen and oxygen atoms in total. The van der Waals surface area contributed by atoms with Crippen molar-refractivity contribution in [2.45, 2.75) is 33.7 Å². The van der Waals surface area contributed by atoms with Crippen LogP contribution in [0.25, 0.3) is 11.3 Å². The minimum Gasteiger partial charge on any atom is -0.324 e. The second-order valence-electron chi connectivity index (χ2n) is 6.72. The maximum absolute atomic E-state index is 12.6. The third-order valence-electron chi connectivity index (χ3n) is 4.46. The molecule has 1 N–H and O–H groups in total. The molecule has 3 rings (SSSR count). The van der Waals surface area contributed by atoms with Crippen molar-refractivity contribution in [1.82, 2.24) is 14.8 Å². The maximum atomic E-state index is 12.6. The molecule has 3 aromatic rings. The molecule has 0 bridgehead atoms. The lowest BCUT2D eigenvalue weighted by molar-refractivity contribution is -0.119. The van der Waals surface area contributed by atoms with Gasteiger partial charge in [0.15, 0.2) is 0 Å². The summed E-state index contributed by atoms with van der Waals surface area (Å²) < 4.78 is 1.10. The molecule has 1 heterocycles. The van der Waals surface area contributed by atoms with Crippen molar-refractivity contribution in [2.24, 2.45) is 0 Å². The summed E-state index contributed by atoms with van der Waals surface area (Å²) in [6, 6.07) is 12.7. The lowest BCUT2D eigenvalue weighted by atomic mass is 10.1. The molecule has 0 fully saturated rings. The van der Waals surface area contributed by atoms with E-state index in [1.807, 2.05) is 63.2 Å². The second-order valence-corrected chi connectivity index (χ2v) is 6.72. The normalized spacial score (nSPS) is 11.9. The first-order chi connectivity index (χ1) is 12.8. The summed E-state index contributed by atoms with van der Waals surface area (Å²) in [6.45, 7) is 7.49. The van der Waals surface area contributed by atoms with E-state index in [4.69, 9.17) is 0 Å². The van der Waals surface area contributed by atoms with Crippen molar-refractivity contribution < 1.29 is 4.79 Å². The van der Waals surface area contributed by atoms with Crippen molar-refractivity contribution in [3.63, 3.8) is 0 Å². The Hall–Kier alpha value is -3.28. The second kappa shape index (κ2) is 7.53. The van der Waals surface area contributed by atoms with Gasteiger partial charge in [-0.25, -0.2) is 9.48 Å². The maximum Gasteiger partial charge on any atom is 0.365 e. The lowest BCUT2D eigenvalue weighted by Gasteiger charge is -2.15. The van der Waals surface area contributed by atoms with Crippen LogP contribution in [0.4, 0.5) is 5.69 Å². The quantitative estimate of drug-likeness (QED) is 0.771. The van der Waals surface area contributed by atoms with Crippen LogP contribution in [-0.4, -0.2) is 20.7 Å². The van der Waals surface area contributed by atoms with Crippen molar-refractivity contribution >= 4 is 11.6 Å². The lowest BCUT2D eigenvalue weighted by Crippen LogP contribution is -2.35. The van der Waals surface area contributed by atoms with Gasteiger partial charge in [-0.1, -0.05) is 42.0 Å². The molecule has 27 heavy (non-hydrogen) atoms. The molecule has 1 atom stereocenters. The molecular formula is C21H22N4O2. The topological polar surface area (TPSA) is 76.9 Å². The monoisotopic (exact) mass is 362 g/mol. The summed E-state index contributed by atoms with van der Waals surface area (Å²) in [5, 5.41) is 7.02. The molecule has 138 valence electrons. The Kier molecular flexibility index (Phi) is 5.16. The molecule has 6 heteroatoms. The zero-order valence-corrected chi connectivity index (χ0v) is 15.9. The van der Waals surface area contributed by atoms with Gasteiger partial charge in [0.25, 0.3) is 0 Å². The van der Waals surface area contributed by atoms with E-state index >= 15 is 0 Å². The first-order valence-corrected chi connectivity index (χ1v) is 8.76. The molecule has 2 aromatic carbocycles. The average molecular weight is 362 g/mol. The molecule has 0 aliphatic heterocycles. The van der Waals surface area contributed by atoms with Crippen LogP contribution in [0.15, 0.2) is 53.5 Å². The number of carbonyl (C=O) groups is 1. The van der Waals surface area contributed by atoms with Crippen LogP contribution in [0.3, 0.4) is 0 Å². The van der Waals surface area contributed by atoms with E-state index in [-0.39, 0.29) is 5.91 Å². The van der Waals surface area contributed by atoms with Crippen LogP contribution < -0.4 is 11.0 Å². The smallest absolute Gasteiger partial charge is 0.324 e. The highest BCUT2D eigenvalue weighted by atomic mass is 16.2. The van der Waals surface area contributed by atoms with E-state index in [0.29, 0.717) is 5.69 Å². The Morgan fingerprint density at radius 2 is 1.70 bits per heavy atom. The first-order valence-electron chi connectivity index (χ1n) is 8.76. The fourth-order valence-corrected chi connectivity index (χ4v) is 2.70. The van der Waals surface area contributed by atoms with E-state index in [0.717, 1.165) is 32.6 Å². The predicted molar refractivity (Wildman–Crippen MR) is 106 cm³/mol. The van der Waals surface area contributed by atoms with Crippen LogP contribution in [0.1, 0.15) is 29.7 Å². The molecule has 0 saturated carbocycles. The predicted octanol–water partition coefficient (Wildman–Crippen LogP) is 3.43. The number of nitrogens with zero attached hydrogens (tertiary/aromatic N) is 3. The SMILES string of the molecule is Cc1ccc(-c2cnn([C@H](C)C(=O)Nc3cc(C)ccc3C)c(=O)n2)cc1. The average Bonchev–Trinajstić information content (AvgIpc) is 2.64. The molecule has 1 amide bonds. The molecule has 0 aliphatic rings. The third-order valence-corrected chi connectivity index (χ3v) is 4.46. The highest BCUT2D eigenvalue weighted by Crippen LogP contribution is 2.18. The number of hydrogen-bond acceptors (Lipinski definition) is 4. The summed E-state index contributed by atoms with van der Waals surface area (Å²) in [7, 11) is 0. The van der Waals surface area contributed by atoms with E-state index in [1.54, 1.807) is 6.92 Å². The molecule has 0 saturated heterocycles. The van der Waals surface area contributed by atoms with Gasteiger partial charge in [0.05, 0.1) is 11.9 Å². The van der Waals surface area contributed by atoms with Gasteiger partial charge >= 0.3 is 5.69 Å². The minimum absolute atomic E-state index is 0.316. The third kappa shape index (κ3) is 4.11. The molecule has 1 aromatic heterocycles. The number of amides is 1. The number of hydrogen-bond donors (Lipinski definition) is 1.